The summed E-state index contributed by atoms with van der Waals surface area (Å²) in [6, 6.07) is 9.38. The van der Waals surface area contributed by atoms with E-state index in [2.05, 4.69) is 10.2 Å². The van der Waals surface area contributed by atoms with Gasteiger partial charge >= 0.3 is 5.84 Å². The molecule has 0 spiro atoms. The van der Waals surface area contributed by atoms with Gasteiger partial charge in [0.25, 0.3) is 0 Å². The summed E-state index contributed by atoms with van der Waals surface area (Å²) < 4.78 is 6.97. The van der Waals surface area contributed by atoms with Gasteiger partial charge in [0.15, 0.2) is 5.58 Å². The second-order valence-electron chi connectivity index (χ2n) is 2.82. The van der Waals surface area contributed by atoms with Crippen LogP contribution in [0, 0.1) is 11.3 Å². The van der Waals surface area contributed by atoms with Crippen molar-refractivity contribution in [2.45, 2.75) is 0 Å². The Labute approximate surface area is 78.2 Å². The van der Waals surface area contributed by atoms with Gasteiger partial charge in [-0.15, -0.1) is 5.10 Å². The molecule has 0 atom stereocenters. The van der Waals surface area contributed by atoms with Gasteiger partial charge < -0.3 is 4.42 Å². The highest BCUT2D eigenvalue weighted by Gasteiger charge is 2.12. The van der Waals surface area contributed by atoms with Crippen molar-refractivity contribution in [3.8, 4) is 6.07 Å². The lowest BCUT2D eigenvalue weighted by Gasteiger charge is -1.86. The van der Waals surface area contributed by atoms with Crippen LogP contribution in [0.5, 0.6) is 0 Å². The molecule has 1 aromatic carbocycles. The smallest absolute Gasteiger partial charge is 0.328 e. The first kappa shape index (κ1) is 7.09. The fourth-order valence-electron chi connectivity index (χ4n) is 1.45. The molecular weight excluding hydrogens is 180 g/mol. The summed E-state index contributed by atoms with van der Waals surface area (Å²) in [6.45, 7) is 0. The van der Waals surface area contributed by atoms with E-state index < -0.39 is 0 Å². The molecule has 14 heavy (non-hydrogen) atoms. The average Bonchev–Trinajstić information content (AvgIpc) is 2.75. The highest BCUT2D eigenvalue weighted by molar-refractivity contribution is 5.76. The molecule has 0 saturated carbocycles. The zero-order valence-electron chi connectivity index (χ0n) is 7.01. The van der Waals surface area contributed by atoms with Crippen LogP contribution in [0.1, 0.15) is 5.82 Å². The van der Waals surface area contributed by atoms with E-state index in [4.69, 9.17) is 9.68 Å². The zero-order valence-corrected chi connectivity index (χ0v) is 7.01. The third-order valence-corrected chi connectivity index (χ3v) is 2.04. The highest BCUT2D eigenvalue weighted by Crippen LogP contribution is 2.19. The molecule has 0 bridgehead atoms. The van der Waals surface area contributed by atoms with Crippen LogP contribution in [0.3, 0.4) is 0 Å². The normalized spacial score (nSPS) is 10.8. The largest absolute Gasteiger partial charge is 0.422 e. The number of oxazole rings is 1. The van der Waals surface area contributed by atoms with Gasteiger partial charge in [0.05, 0.1) is 5.52 Å². The monoisotopic (exact) mass is 184 g/mol. The standard InChI is InChI=1S/C9H4N4O/c10-5-8-11-12-9-13(8)6-3-1-2-4-7(6)14-9/h1-4H. The number of nitrogens with zero attached hydrogens (tertiary/aromatic N) is 4. The van der Waals surface area contributed by atoms with Gasteiger partial charge in [-0.05, 0) is 12.1 Å². The van der Waals surface area contributed by atoms with Crippen LogP contribution in [-0.4, -0.2) is 14.6 Å². The second kappa shape index (κ2) is 2.33. The Balaban J connectivity index is 2.63. The molecule has 3 rings (SSSR count). The van der Waals surface area contributed by atoms with Gasteiger partial charge in [0.2, 0.25) is 5.82 Å². The van der Waals surface area contributed by atoms with Crippen LogP contribution in [0.4, 0.5) is 0 Å². The second-order valence-corrected chi connectivity index (χ2v) is 2.82. The summed E-state index contributed by atoms with van der Waals surface area (Å²) in [4.78, 5) is 0. The molecule has 0 aliphatic rings. The number of nitriles is 1. The molecule has 0 unspecified atom stereocenters. The average molecular weight is 184 g/mol. The van der Waals surface area contributed by atoms with Crippen LogP contribution in [0.15, 0.2) is 28.7 Å². The van der Waals surface area contributed by atoms with Gasteiger partial charge in [-0.25, -0.2) is 4.40 Å². The molecule has 2 heterocycles. The van der Waals surface area contributed by atoms with E-state index in [9.17, 15) is 0 Å². The Morgan fingerprint density at radius 1 is 1.29 bits per heavy atom. The molecular formula is C9H4N4O. The minimum atomic E-state index is 0.241. The molecule has 0 aliphatic heterocycles. The summed E-state index contributed by atoms with van der Waals surface area (Å²) >= 11 is 0. The summed E-state index contributed by atoms with van der Waals surface area (Å²) in [5.74, 6) is 0.590. The van der Waals surface area contributed by atoms with Gasteiger partial charge in [-0.3, -0.25) is 0 Å². The van der Waals surface area contributed by atoms with Crippen molar-refractivity contribution in [3.05, 3.63) is 30.1 Å². The van der Waals surface area contributed by atoms with Crippen LogP contribution in [0.25, 0.3) is 16.9 Å². The maximum absolute atomic E-state index is 8.79. The molecule has 0 amide bonds. The Bertz CT molecular complexity index is 658. The van der Waals surface area contributed by atoms with Crippen LogP contribution in [-0.2, 0) is 0 Å². The van der Waals surface area contributed by atoms with Gasteiger partial charge in [-0.2, -0.15) is 5.26 Å². The van der Waals surface area contributed by atoms with Crippen molar-refractivity contribution >= 4 is 16.9 Å². The lowest BCUT2D eigenvalue weighted by Crippen LogP contribution is -1.85. The van der Waals surface area contributed by atoms with Crippen molar-refractivity contribution in [2.24, 2.45) is 0 Å². The van der Waals surface area contributed by atoms with Crippen molar-refractivity contribution in [1.82, 2.24) is 14.6 Å². The first-order chi connectivity index (χ1) is 6.90. The predicted molar refractivity (Wildman–Crippen MR) is 47.5 cm³/mol. The molecule has 0 aliphatic carbocycles. The Morgan fingerprint density at radius 3 is 3.00 bits per heavy atom. The Hall–Kier alpha value is -2.35. The number of rotatable bonds is 0. The number of aromatic nitrogens is 3. The SMILES string of the molecule is N#Cc1nnc2oc3ccccc3n12. The van der Waals surface area contributed by atoms with Crippen LogP contribution >= 0.6 is 0 Å². The van der Waals surface area contributed by atoms with Crippen molar-refractivity contribution in [3.63, 3.8) is 0 Å². The minimum absolute atomic E-state index is 0.241. The van der Waals surface area contributed by atoms with E-state index in [0.29, 0.717) is 11.4 Å². The third-order valence-electron chi connectivity index (χ3n) is 2.04. The van der Waals surface area contributed by atoms with Crippen molar-refractivity contribution in [1.29, 1.82) is 5.26 Å². The molecule has 5 nitrogen and oxygen atoms in total. The Morgan fingerprint density at radius 2 is 2.14 bits per heavy atom. The fraction of sp³-hybridized carbons (Fsp3) is 0. The number of fused-ring (bicyclic) bond motifs is 3. The van der Waals surface area contributed by atoms with Crippen molar-refractivity contribution < 1.29 is 4.42 Å². The van der Waals surface area contributed by atoms with Crippen molar-refractivity contribution in [2.75, 3.05) is 0 Å². The molecule has 0 saturated heterocycles. The Kier molecular flexibility index (Phi) is 1.18. The maximum atomic E-state index is 8.79. The van der Waals surface area contributed by atoms with E-state index in [0.717, 1.165) is 5.52 Å². The number of benzene rings is 1. The van der Waals surface area contributed by atoms with E-state index >= 15 is 0 Å². The molecule has 5 heteroatoms. The summed E-state index contributed by atoms with van der Waals surface area (Å²) in [7, 11) is 0. The number of hydrogen-bond donors (Lipinski definition) is 0. The lowest BCUT2D eigenvalue weighted by atomic mass is 10.3. The fourth-order valence-corrected chi connectivity index (χ4v) is 1.45. The van der Waals surface area contributed by atoms with Gasteiger partial charge in [-0.1, -0.05) is 17.2 Å². The zero-order chi connectivity index (χ0) is 9.54. The first-order valence-electron chi connectivity index (χ1n) is 4.03. The highest BCUT2D eigenvalue weighted by atomic mass is 16.4. The van der Waals surface area contributed by atoms with E-state index in [1.54, 1.807) is 4.40 Å². The number of hydrogen-bond acceptors (Lipinski definition) is 4. The molecule has 0 radical (unpaired) electrons. The van der Waals surface area contributed by atoms with Crippen LogP contribution in [0.2, 0.25) is 0 Å². The molecule has 66 valence electrons. The molecule has 0 fully saturated rings. The number of para-hydroxylation sites is 2. The molecule has 0 N–H and O–H groups in total. The quantitative estimate of drug-likeness (QED) is 0.528. The molecule has 2 aromatic heterocycles. The first-order valence-corrected chi connectivity index (χ1v) is 4.03. The minimum Gasteiger partial charge on any atom is -0.422 e. The molecule has 3 aromatic rings. The topological polar surface area (TPSA) is 67.1 Å². The summed E-state index contributed by atoms with van der Waals surface area (Å²) in [5.41, 5.74) is 1.51. The van der Waals surface area contributed by atoms with Gasteiger partial charge in [0.1, 0.15) is 6.07 Å². The van der Waals surface area contributed by atoms with E-state index in [-0.39, 0.29) is 5.82 Å². The maximum Gasteiger partial charge on any atom is 0.328 e. The van der Waals surface area contributed by atoms with Crippen LogP contribution < -0.4 is 0 Å². The van der Waals surface area contributed by atoms with Gasteiger partial charge in [0, 0.05) is 0 Å². The van der Waals surface area contributed by atoms with E-state index in [1.165, 1.54) is 0 Å². The predicted octanol–water partition coefficient (Wildman–Crippen LogP) is 1.35. The summed E-state index contributed by atoms with van der Waals surface area (Å²) in [6.07, 6.45) is 0. The lowest BCUT2D eigenvalue weighted by molar-refractivity contribution is 0.637. The van der Waals surface area contributed by atoms with E-state index in [1.807, 2.05) is 30.3 Å². The third kappa shape index (κ3) is 0.721. The summed E-state index contributed by atoms with van der Waals surface area (Å²) in [5, 5.41) is 16.2.